The number of hydrogen-bond acceptors (Lipinski definition) is 3. The van der Waals surface area contributed by atoms with Gasteiger partial charge in [0.15, 0.2) is 0 Å². The molecule has 1 aliphatic rings. The number of benzene rings is 1. The molecule has 1 atom stereocenters. The fraction of sp³-hybridized carbons (Fsp3) is 0.588. The van der Waals surface area contributed by atoms with E-state index in [4.69, 9.17) is 0 Å². The quantitative estimate of drug-likeness (QED) is 0.833. The summed E-state index contributed by atoms with van der Waals surface area (Å²) in [7, 11) is 0. The molecular weight excluding hydrogens is 264 g/mol. The molecule has 0 aromatic heterocycles. The normalized spacial score (nSPS) is 17.0. The third-order valence-electron chi connectivity index (χ3n) is 4.38. The van der Waals surface area contributed by atoms with Crippen molar-refractivity contribution in [3.63, 3.8) is 0 Å². The molecule has 0 heterocycles. The van der Waals surface area contributed by atoms with Gasteiger partial charge in [-0.2, -0.15) is 0 Å². The van der Waals surface area contributed by atoms with Crippen molar-refractivity contribution in [1.29, 1.82) is 0 Å². The van der Waals surface area contributed by atoms with Gasteiger partial charge < -0.3 is 10.0 Å². The number of likely N-dealkylation sites (N-methyl/N-ethyl adjacent to an activating group) is 1. The van der Waals surface area contributed by atoms with Crippen molar-refractivity contribution in [3.8, 4) is 0 Å². The first-order valence-electron chi connectivity index (χ1n) is 7.91. The number of nitrogens with zero attached hydrogens (tertiary/aromatic N) is 2. The predicted molar refractivity (Wildman–Crippen MR) is 84.1 cm³/mol. The number of aryl methyl sites for hydroxylation is 1. The topological polar surface area (TPSA) is 43.8 Å². The zero-order chi connectivity index (χ0) is 15.2. The minimum Gasteiger partial charge on any atom is -0.395 e. The third kappa shape index (κ3) is 3.63. The van der Waals surface area contributed by atoms with E-state index in [1.807, 2.05) is 18.7 Å². The lowest BCUT2D eigenvalue weighted by molar-refractivity contribution is -0.132. The van der Waals surface area contributed by atoms with Gasteiger partial charge >= 0.3 is 0 Å². The molecule has 4 heteroatoms. The molecule has 4 nitrogen and oxygen atoms in total. The highest BCUT2D eigenvalue weighted by atomic mass is 16.3. The number of aliphatic hydroxyl groups excluding tert-OH is 1. The van der Waals surface area contributed by atoms with Crippen LogP contribution in [0.4, 0.5) is 0 Å². The second-order valence-electron chi connectivity index (χ2n) is 5.51. The highest BCUT2D eigenvalue weighted by Crippen LogP contribution is 2.35. The Balaban J connectivity index is 2.11. The molecule has 2 rings (SSSR count). The van der Waals surface area contributed by atoms with Crippen LogP contribution < -0.4 is 0 Å². The summed E-state index contributed by atoms with van der Waals surface area (Å²) in [5, 5.41) is 9.34. The first kappa shape index (κ1) is 16.0. The van der Waals surface area contributed by atoms with Crippen LogP contribution in [-0.2, 0) is 11.2 Å². The van der Waals surface area contributed by atoms with Crippen molar-refractivity contribution in [2.45, 2.75) is 32.7 Å². The molecule has 0 bridgehead atoms. The highest BCUT2D eigenvalue weighted by Gasteiger charge is 2.29. The Labute approximate surface area is 127 Å². The van der Waals surface area contributed by atoms with E-state index >= 15 is 0 Å². The van der Waals surface area contributed by atoms with E-state index in [-0.39, 0.29) is 18.6 Å². The van der Waals surface area contributed by atoms with Gasteiger partial charge in [-0.25, -0.2) is 0 Å². The van der Waals surface area contributed by atoms with Crippen molar-refractivity contribution in [3.05, 3.63) is 35.4 Å². The first-order valence-corrected chi connectivity index (χ1v) is 7.91. The fourth-order valence-corrected chi connectivity index (χ4v) is 3.24. The maximum atomic E-state index is 12.4. The maximum absolute atomic E-state index is 12.4. The van der Waals surface area contributed by atoms with Crippen LogP contribution in [0.1, 0.15) is 37.4 Å². The van der Waals surface area contributed by atoms with E-state index < -0.39 is 0 Å². The van der Waals surface area contributed by atoms with E-state index in [1.54, 1.807) is 0 Å². The fourth-order valence-electron chi connectivity index (χ4n) is 3.24. The van der Waals surface area contributed by atoms with Gasteiger partial charge in [-0.1, -0.05) is 24.3 Å². The molecule has 1 aromatic carbocycles. The van der Waals surface area contributed by atoms with Gasteiger partial charge in [0.2, 0.25) is 5.91 Å². The van der Waals surface area contributed by atoms with Crippen molar-refractivity contribution in [2.24, 2.45) is 0 Å². The molecule has 1 aliphatic carbocycles. The van der Waals surface area contributed by atoms with Gasteiger partial charge in [-0.05, 0) is 37.8 Å². The average molecular weight is 290 g/mol. The smallest absolute Gasteiger partial charge is 0.236 e. The highest BCUT2D eigenvalue weighted by molar-refractivity contribution is 5.78. The Morgan fingerprint density at radius 3 is 2.67 bits per heavy atom. The molecule has 1 aromatic rings. The zero-order valence-electron chi connectivity index (χ0n) is 13.1. The van der Waals surface area contributed by atoms with Crippen LogP contribution >= 0.6 is 0 Å². The largest absolute Gasteiger partial charge is 0.395 e. The summed E-state index contributed by atoms with van der Waals surface area (Å²) in [6.45, 7) is 6.51. The van der Waals surface area contributed by atoms with Crippen LogP contribution in [0.25, 0.3) is 0 Å². The van der Waals surface area contributed by atoms with Crippen molar-refractivity contribution >= 4 is 5.91 Å². The third-order valence-corrected chi connectivity index (χ3v) is 4.38. The minimum absolute atomic E-state index is 0.0875. The average Bonchev–Trinajstić information content (AvgIpc) is 2.92. The Morgan fingerprint density at radius 2 is 2.00 bits per heavy atom. The van der Waals surface area contributed by atoms with Crippen molar-refractivity contribution < 1.29 is 9.90 Å². The first-order chi connectivity index (χ1) is 10.2. The number of carbonyl (C=O) groups is 1. The number of hydrogen-bond donors (Lipinski definition) is 1. The van der Waals surface area contributed by atoms with Gasteiger partial charge in [-0.3, -0.25) is 9.69 Å². The van der Waals surface area contributed by atoms with Crippen LogP contribution in [0.2, 0.25) is 0 Å². The lowest BCUT2D eigenvalue weighted by atomic mass is 10.1. The summed E-state index contributed by atoms with van der Waals surface area (Å²) in [5.41, 5.74) is 2.69. The number of aliphatic hydroxyl groups is 1. The van der Waals surface area contributed by atoms with Crippen LogP contribution in [0.5, 0.6) is 0 Å². The Hall–Kier alpha value is -1.39. The van der Waals surface area contributed by atoms with Gasteiger partial charge in [0.1, 0.15) is 0 Å². The molecule has 1 unspecified atom stereocenters. The van der Waals surface area contributed by atoms with E-state index in [2.05, 4.69) is 29.2 Å². The Bertz CT molecular complexity index is 472. The van der Waals surface area contributed by atoms with Gasteiger partial charge in [0, 0.05) is 25.7 Å². The van der Waals surface area contributed by atoms with E-state index in [1.165, 1.54) is 11.1 Å². The summed E-state index contributed by atoms with van der Waals surface area (Å²) in [6.07, 6.45) is 2.09. The Morgan fingerprint density at radius 1 is 1.29 bits per heavy atom. The second-order valence-corrected chi connectivity index (χ2v) is 5.51. The number of rotatable bonds is 7. The van der Waals surface area contributed by atoms with E-state index in [9.17, 15) is 9.90 Å². The van der Waals surface area contributed by atoms with E-state index in [0.717, 1.165) is 25.9 Å². The summed E-state index contributed by atoms with van der Waals surface area (Å²) in [6, 6.07) is 8.70. The summed E-state index contributed by atoms with van der Waals surface area (Å²) in [5.74, 6) is 0.151. The molecule has 116 valence electrons. The second kappa shape index (κ2) is 7.57. The monoisotopic (exact) mass is 290 g/mol. The lowest BCUT2D eigenvalue weighted by Gasteiger charge is -2.30. The summed E-state index contributed by atoms with van der Waals surface area (Å²) in [4.78, 5) is 16.3. The summed E-state index contributed by atoms with van der Waals surface area (Å²) < 4.78 is 0. The number of carbonyl (C=O) groups excluding carboxylic acids is 1. The molecule has 0 saturated carbocycles. The number of amides is 1. The molecule has 21 heavy (non-hydrogen) atoms. The SMILES string of the molecule is CCN(CC)C(=O)CN(CCO)C1CCc2ccccc21. The van der Waals surface area contributed by atoms with Crippen LogP contribution in [-0.4, -0.2) is 53.6 Å². The van der Waals surface area contributed by atoms with Crippen LogP contribution in [0, 0.1) is 0 Å². The molecule has 0 spiro atoms. The molecule has 0 fully saturated rings. The van der Waals surface area contributed by atoms with Gasteiger partial charge in [-0.15, -0.1) is 0 Å². The van der Waals surface area contributed by atoms with Crippen LogP contribution in [0.15, 0.2) is 24.3 Å². The molecule has 1 N–H and O–H groups in total. The van der Waals surface area contributed by atoms with Crippen molar-refractivity contribution in [2.75, 3.05) is 32.8 Å². The van der Waals surface area contributed by atoms with Gasteiger partial charge in [0.05, 0.1) is 13.2 Å². The molecule has 0 saturated heterocycles. The molecule has 1 amide bonds. The maximum Gasteiger partial charge on any atom is 0.236 e. The number of fused-ring (bicyclic) bond motifs is 1. The van der Waals surface area contributed by atoms with Crippen molar-refractivity contribution in [1.82, 2.24) is 9.80 Å². The summed E-state index contributed by atoms with van der Waals surface area (Å²) >= 11 is 0. The zero-order valence-corrected chi connectivity index (χ0v) is 13.1. The molecule has 0 aliphatic heterocycles. The molecule has 0 radical (unpaired) electrons. The minimum atomic E-state index is 0.0875. The lowest BCUT2D eigenvalue weighted by Crippen LogP contribution is -2.42. The predicted octanol–water partition coefficient (Wildman–Crippen LogP) is 1.84. The van der Waals surface area contributed by atoms with E-state index in [0.29, 0.717) is 13.1 Å². The van der Waals surface area contributed by atoms with Gasteiger partial charge in [0.25, 0.3) is 0 Å². The van der Waals surface area contributed by atoms with Crippen LogP contribution in [0.3, 0.4) is 0 Å². The molecular formula is C17H26N2O2. The Kier molecular flexibility index (Phi) is 5.76. The standard InChI is InChI=1S/C17H26N2O2/c1-3-18(4-2)17(21)13-19(11-12-20)16-10-9-14-7-5-6-8-15(14)16/h5-8,16,20H,3-4,9-13H2,1-2H3.